The molecule has 0 aromatic heterocycles. The predicted molar refractivity (Wildman–Crippen MR) is 72.7 cm³/mol. The lowest BCUT2D eigenvalue weighted by Gasteiger charge is -2.44. The van der Waals surface area contributed by atoms with E-state index in [-0.39, 0.29) is 23.7 Å². The summed E-state index contributed by atoms with van der Waals surface area (Å²) in [6, 6.07) is 0.307. The Morgan fingerprint density at radius 1 is 1.39 bits per heavy atom. The van der Waals surface area contributed by atoms with Gasteiger partial charge in [0.25, 0.3) is 0 Å². The summed E-state index contributed by atoms with van der Waals surface area (Å²) in [4.78, 5) is 0. The summed E-state index contributed by atoms with van der Waals surface area (Å²) in [6.45, 7) is 9.78. The van der Waals surface area contributed by atoms with Crippen LogP contribution in [0.4, 0.5) is 0 Å². The van der Waals surface area contributed by atoms with E-state index >= 15 is 0 Å². The van der Waals surface area contributed by atoms with Crippen molar-refractivity contribution in [2.75, 3.05) is 20.3 Å². The fourth-order valence-corrected chi connectivity index (χ4v) is 2.54. The van der Waals surface area contributed by atoms with Crippen LogP contribution >= 0.6 is 0 Å². The van der Waals surface area contributed by atoms with Crippen LogP contribution in [0.5, 0.6) is 0 Å². The van der Waals surface area contributed by atoms with E-state index in [4.69, 9.17) is 9.47 Å². The molecule has 2 N–H and O–H groups in total. The minimum absolute atomic E-state index is 0.117. The molecule has 0 radical (unpaired) electrons. The molecule has 0 aliphatic heterocycles. The average molecular weight is 259 g/mol. The van der Waals surface area contributed by atoms with Crippen LogP contribution in [0, 0.1) is 5.41 Å². The van der Waals surface area contributed by atoms with E-state index < -0.39 is 0 Å². The monoisotopic (exact) mass is 259 g/mol. The van der Waals surface area contributed by atoms with Gasteiger partial charge >= 0.3 is 0 Å². The Bertz CT molecular complexity index is 240. The molecule has 4 unspecified atom stereocenters. The van der Waals surface area contributed by atoms with E-state index in [0.29, 0.717) is 12.6 Å². The molecule has 4 nitrogen and oxygen atoms in total. The Hall–Kier alpha value is -0.160. The van der Waals surface area contributed by atoms with Gasteiger partial charge < -0.3 is 19.9 Å². The minimum Gasteiger partial charge on any atom is -0.392 e. The number of methoxy groups -OCH3 is 1. The highest BCUT2D eigenvalue weighted by Crippen LogP contribution is 2.27. The van der Waals surface area contributed by atoms with Crippen molar-refractivity contribution < 1.29 is 14.6 Å². The van der Waals surface area contributed by atoms with Gasteiger partial charge in [0.2, 0.25) is 0 Å². The number of rotatable bonds is 7. The van der Waals surface area contributed by atoms with Gasteiger partial charge in [-0.1, -0.05) is 20.8 Å². The van der Waals surface area contributed by atoms with E-state index in [2.05, 4.69) is 26.1 Å². The molecule has 0 spiro atoms. The molecule has 0 saturated heterocycles. The standard InChI is InChI=1S/C14H29NO3/c1-6-18-12-7-11(13(12)17-5)15-9-10(16)8-14(2,3)4/h10-13,15-16H,6-9H2,1-5H3. The van der Waals surface area contributed by atoms with Gasteiger partial charge in [-0.25, -0.2) is 0 Å². The van der Waals surface area contributed by atoms with Crippen LogP contribution < -0.4 is 5.32 Å². The van der Waals surface area contributed by atoms with Crippen LogP contribution in [-0.4, -0.2) is 49.7 Å². The molecule has 0 bridgehead atoms. The highest BCUT2D eigenvalue weighted by atomic mass is 16.5. The van der Waals surface area contributed by atoms with Crippen LogP contribution in [0.2, 0.25) is 0 Å². The molecule has 4 atom stereocenters. The van der Waals surface area contributed by atoms with Crippen molar-refractivity contribution in [3.8, 4) is 0 Å². The van der Waals surface area contributed by atoms with Crippen LogP contribution in [0.1, 0.15) is 40.5 Å². The van der Waals surface area contributed by atoms with Gasteiger partial charge in [-0.2, -0.15) is 0 Å². The van der Waals surface area contributed by atoms with E-state index in [1.165, 1.54) is 0 Å². The first-order valence-electron chi connectivity index (χ1n) is 6.93. The molecule has 1 rings (SSSR count). The molecule has 0 aromatic rings. The fraction of sp³-hybridized carbons (Fsp3) is 1.00. The topological polar surface area (TPSA) is 50.7 Å². The van der Waals surface area contributed by atoms with E-state index in [9.17, 15) is 5.11 Å². The minimum atomic E-state index is -0.298. The lowest BCUT2D eigenvalue weighted by molar-refractivity contribution is -0.132. The summed E-state index contributed by atoms with van der Waals surface area (Å²) in [7, 11) is 1.72. The first-order valence-corrected chi connectivity index (χ1v) is 6.93. The fourth-order valence-electron chi connectivity index (χ4n) is 2.54. The molecular formula is C14H29NO3. The smallest absolute Gasteiger partial charge is 0.0986 e. The van der Waals surface area contributed by atoms with Crippen LogP contribution in [0.25, 0.3) is 0 Å². The summed E-state index contributed by atoms with van der Waals surface area (Å²) >= 11 is 0. The lowest BCUT2D eigenvalue weighted by Crippen LogP contribution is -2.60. The zero-order valence-corrected chi connectivity index (χ0v) is 12.4. The normalized spacial score (nSPS) is 30.0. The van der Waals surface area contributed by atoms with Crippen molar-refractivity contribution in [3.05, 3.63) is 0 Å². The van der Waals surface area contributed by atoms with E-state index in [1.54, 1.807) is 7.11 Å². The Balaban J connectivity index is 2.24. The quantitative estimate of drug-likeness (QED) is 0.728. The molecule has 0 amide bonds. The maximum Gasteiger partial charge on any atom is 0.0986 e. The van der Waals surface area contributed by atoms with Crippen molar-refractivity contribution in [1.29, 1.82) is 0 Å². The molecule has 1 aliphatic rings. The lowest BCUT2D eigenvalue weighted by atomic mass is 9.84. The van der Waals surface area contributed by atoms with E-state index in [0.717, 1.165) is 19.4 Å². The third-order valence-electron chi connectivity index (χ3n) is 3.37. The predicted octanol–water partition coefficient (Wildman–Crippen LogP) is 1.57. The highest BCUT2D eigenvalue weighted by Gasteiger charge is 2.41. The number of aliphatic hydroxyl groups is 1. The SMILES string of the molecule is CCOC1CC(NCC(O)CC(C)(C)C)C1OC. The number of ether oxygens (including phenoxy) is 2. The number of hydrogen-bond donors (Lipinski definition) is 2. The maximum atomic E-state index is 9.95. The molecule has 0 aromatic carbocycles. The van der Waals surface area contributed by atoms with Gasteiger partial charge in [0.15, 0.2) is 0 Å². The Morgan fingerprint density at radius 2 is 2.06 bits per heavy atom. The number of aliphatic hydroxyl groups excluding tert-OH is 1. The first kappa shape index (κ1) is 15.9. The molecule has 1 saturated carbocycles. The first-order chi connectivity index (χ1) is 8.37. The van der Waals surface area contributed by atoms with Crippen molar-refractivity contribution in [2.45, 2.75) is 64.9 Å². The Kier molecular flexibility index (Phi) is 6.05. The van der Waals surface area contributed by atoms with Gasteiger partial charge in [0.05, 0.1) is 18.3 Å². The second-order valence-corrected chi connectivity index (χ2v) is 6.36. The largest absolute Gasteiger partial charge is 0.392 e. The van der Waals surface area contributed by atoms with Gasteiger partial charge in [0, 0.05) is 26.3 Å². The maximum absolute atomic E-state index is 9.95. The summed E-state index contributed by atoms with van der Waals surface area (Å²) in [6.07, 6.45) is 1.80. The van der Waals surface area contributed by atoms with Crippen molar-refractivity contribution in [2.24, 2.45) is 5.41 Å². The molecular weight excluding hydrogens is 230 g/mol. The zero-order valence-electron chi connectivity index (χ0n) is 12.4. The molecule has 0 heterocycles. The average Bonchev–Trinajstić information content (AvgIpc) is 2.20. The second kappa shape index (κ2) is 6.85. The summed E-state index contributed by atoms with van der Waals surface area (Å²) in [5.74, 6) is 0. The summed E-state index contributed by atoms with van der Waals surface area (Å²) in [5.41, 5.74) is 0.162. The zero-order chi connectivity index (χ0) is 13.8. The third kappa shape index (κ3) is 4.84. The van der Waals surface area contributed by atoms with Crippen LogP contribution in [0.3, 0.4) is 0 Å². The summed E-state index contributed by atoms with van der Waals surface area (Å²) < 4.78 is 11.0. The van der Waals surface area contributed by atoms with Crippen molar-refractivity contribution >= 4 is 0 Å². The van der Waals surface area contributed by atoms with Gasteiger partial charge in [-0.15, -0.1) is 0 Å². The van der Waals surface area contributed by atoms with E-state index in [1.807, 2.05) is 6.92 Å². The molecule has 4 heteroatoms. The Labute approximate surface area is 111 Å². The highest BCUT2D eigenvalue weighted by molar-refractivity contribution is 4.97. The van der Waals surface area contributed by atoms with Crippen LogP contribution in [-0.2, 0) is 9.47 Å². The second-order valence-electron chi connectivity index (χ2n) is 6.36. The van der Waals surface area contributed by atoms with Crippen molar-refractivity contribution in [1.82, 2.24) is 5.32 Å². The Morgan fingerprint density at radius 3 is 2.56 bits per heavy atom. The van der Waals surface area contributed by atoms with Gasteiger partial charge in [0.1, 0.15) is 0 Å². The molecule has 18 heavy (non-hydrogen) atoms. The number of hydrogen-bond acceptors (Lipinski definition) is 4. The van der Waals surface area contributed by atoms with Gasteiger partial charge in [-0.3, -0.25) is 0 Å². The van der Waals surface area contributed by atoms with Crippen LogP contribution in [0.15, 0.2) is 0 Å². The molecule has 1 aliphatic carbocycles. The molecule has 108 valence electrons. The van der Waals surface area contributed by atoms with Gasteiger partial charge in [-0.05, 0) is 25.2 Å². The van der Waals surface area contributed by atoms with Crippen molar-refractivity contribution in [3.63, 3.8) is 0 Å². The third-order valence-corrected chi connectivity index (χ3v) is 3.37. The summed E-state index contributed by atoms with van der Waals surface area (Å²) in [5, 5.41) is 13.3. The molecule has 1 fully saturated rings. The number of nitrogens with one attached hydrogen (secondary N) is 1.